The van der Waals surface area contributed by atoms with Gasteiger partial charge in [0.05, 0.1) is 10.7 Å². The number of halogens is 1. The van der Waals surface area contributed by atoms with Gasteiger partial charge in [0.15, 0.2) is 0 Å². The molecule has 1 saturated heterocycles. The third-order valence-corrected chi connectivity index (χ3v) is 4.14. The zero-order valence-electron chi connectivity index (χ0n) is 14.2. The number of aromatic nitrogens is 2. The van der Waals surface area contributed by atoms with Gasteiger partial charge in [-0.3, -0.25) is 4.79 Å². The molecule has 1 aliphatic heterocycles. The van der Waals surface area contributed by atoms with Crippen LogP contribution in [-0.2, 0) is 14.3 Å². The zero-order chi connectivity index (χ0) is 18.4. The highest BCUT2D eigenvalue weighted by molar-refractivity contribution is 6.33. The lowest BCUT2D eigenvalue weighted by molar-refractivity contribution is -0.105. The van der Waals surface area contributed by atoms with Gasteiger partial charge >= 0.3 is 0 Å². The number of ether oxygens (including phenoxy) is 2. The molecule has 8 heteroatoms. The summed E-state index contributed by atoms with van der Waals surface area (Å²) in [6.07, 6.45) is 3.91. The van der Waals surface area contributed by atoms with Gasteiger partial charge in [-0.2, -0.15) is 0 Å². The number of amides is 1. The number of pyridine rings is 2. The van der Waals surface area contributed by atoms with Gasteiger partial charge in [-0.15, -0.1) is 0 Å². The first-order valence-electron chi connectivity index (χ1n) is 8.16. The molecule has 3 heterocycles. The molecule has 2 aromatic heterocycles. The van der Waals surface area contributed by atoms with E-state index >= 15 is 0 Å². The summed E-state index contributed by atoms with van der Waals surface area (Å²) in [6, 6.07) is 7.27. The molecule has 3 rings (SSSR count). The number of hydrogen-bond acceptors (Lipinski definition) is 6. The van der Waals surface area contributed by atoms with Gasteiger partial charge in [-0.25, -0.2) is 9.97 Å². The van der Waals surface area contributed by atoms with Gasteiger partial charge in [0.25, 0.3) is 0 Å². The van der Waals surface area contributed by atoms with Crippen molar-refractivity contribution in [1.29, 1.82) is 0 Å². The number of hydrogen-bond donors (Lipinski definition) is 2. The molecular weight excluding hydrogens is 356 g/mol. The van der Waals surface area contributed by atoms with Crippen LogP contribution in [0.15, 0.2) is 42.3 Å². The summed E-state index contributed by atoms with van der Waals surface area (Å²) < 4.78 is 11.3. The first-order valence-corrected chi connectivity index (χ1v) is 8.54. The van der Waals surface area contributed by atoms with Crippen molar-refractivity contribution in [1.82, 2.24) is 9.97 Å². The van der Waals surface area contributed by atoms with Crippen LogP contribution in [0.3, 0.4) is 0 Å². The molecular formula is C18H19ClN4O3. The third kappa shape index (κ3) is 4.50. The molecule has 1 aliphatic rings. The second-order valence-corrected chi connectivity index (χ2v) is 6.01. The van der Waals surface area contributed by atoms with Crippen molar-refractivity contribution in [2.24, 2.45) is 0 Å². The molecule has 136 valence electrons. The predicted molar refractivity (Wildman–Crippen MR) is 100 cm³/mol. The van der Waals surface area contributed by atoms with Gasteiger partial charge in [-0.1, -0.05) is 17.7 Å². The number of allylic oxidation sites excluding steroid dienone is 1. The van der Waals surface area contributed by atoms with E-state index in [4.69, 9.17) is 21.1 Å². The topological polar surface area (TPSA) is 85.4 Å². The van der Waals surface area contributed by atoms with E-state index in [1.54, 1.807) is 6.07 Å². The summed E-state index contributed by atoms with van der Waals surface area (Å²) in [4.78, 5) is 19.2. The number of rotatable bonds is 6. The second kappa shape index (κ2) is 8.64. The molecule has 0 unspecified atom stereocenters. The minimum Gasteiger partial charge on any atom is -0.493 e. The normalized spacial score (nSPS) is 18.2. The average Bonchev–Trinajstić information content (AvgIpc) is 2.68. The maximum Gasteiger partial charge on any atom is 0.212 e. The van der Waals surface area contributed by atoms with Crippen molar-refractivity contribution in [3.63, 3.8) is 0 Å². The van der Waals surface area contributed by atoms with Crippen LogP contribution in [0, 0.1) is 0 Å². The maximum absolute atomic E-state index is 10.6. The smallest absolute Gasteiger partial charge is 0.212 e. The molecule has 1 fully saturated rings. The summed E-state index contributed by atoms with van der Waals surface area (Å²) in [6.45, 7) is 3.49. The molecule has 0 saturated carbocycles. The first-order chi connectivity index (χ1) is 12.7. The van der Waals surface area contributed by atoms with Gasteiger partial charge in [0.1, 0.15) is 36.7 Å². The van der Waals surface area contributed by atoms with Crippen LogP contribution in [0.2, 0.25) is 5.02 Å². The van der Waals surface area contributed by atoms with E-state index in [9.17, 15) is 4.79 Å². The second-order valence-electron chi connectivity index (χ2n) is 5.60. The Kier molecular flexibility index (Phi) is 6.04. The fourth-order valence-corrected chi connectivity index (χ4v) is 2.65. The van der Waals surface area contributed by atoms with Crippen molar-refractivity contribution >= 4 is 29.6 Å². The lowest BCUT2D eigenvalue weighted by Crippen LogP contribution is -2.33. The van der Waals surface area contributed by atoms with E-state index in [-0.39, 0.29) is 6.10 Å². The molecule has 2 N–H and O–H groups in total. The van der Waals surface area contributed by atoms with Crippen molar-refractivity contribution in [2.75, 3.05) is 30.4 Å². The number of nitrogens with zero attached hydrogens (tertiary/aromatic N) is 2. The molecule has 1 amide bonds. The third-order valence-electron chi connectivity index (χ3n) is 3.84. The Bertz CT molecular complexity index is 803. The van der Waals surface area contributed by atoms with E-state index in [0.717, 1.165) is 5.76 Å². The molecule has 0 aromatic carbocycles. The fourth-order valence-electron chi connectivity index (χ4n) is 2.45. The lowest BCUT2D eigenvalue weighted by Gasteiger charge is -2.25. The first kappa shape index (κ1) is 18.2. The van der Waals surface area contributed by atoms with Crippen LogP contribution < -0.4 is 10.6 Å². The van der Waals surface area contributed by atoms with E-state index in [0.29, 0.717) is 54.1 Å². The van der Waals surface area contributed by atoms with E-state index < -0.39 is 0 Å². The highest BCUT2D eigenvalue weighted by Crippen LogP contribution is 2.28. The molecule has 7 nitrogen and oxygen atoms in total. The molecule has 0 radical (unpaired) electrons. The number of anilines is 2. The van der Waals surface area contributed by atoms with Crippen molar-refractivity contribution in [2.45, 2.75) is 13.0 Å². The highest BCUT2D eigenvalue weighted by atomic mass is 35.5. The summed E-state index contributed by atoms with van der Waals surface area (Å²) in [7, 11) is 0. The lowest BCUT2D eigenvalue weighted by atomic mass is 10.1. The average molecular weight is 375 g/mol. The quantitative estimate of drug-likeness (QED) is 0.756. The minimum absolute atomic E-state index is 0.0444. The fraction of sp³-hybridized carbons (Fsp3) is 0.278. The van der Waals surface area contributed by atoms with Crippen molar-refractivity contribution < 1.29 is 14.3 Å². The standard InChI is InChI=1S/C18H19ClN4O3/c1-2-12-9-26-13(10-25-12)7-20-17-5-3-4-16(23-17)14-6-18(22-11-24)21-8-15(14)19/h2-6,8,11,13H,7,9-10H2,1H3,(H,20,23)(H,21,22,24)/b12-2-/t13-/m0/s1. The maximum atomic E-state index is 10.6. The largest absolute Gasteiger partial charge is 0.493 e. The Morgan fingerprint density at radius 3 is 3.00 bits per heavy atom. The monoisotopic (exact) mass is 374 g/mol. The highest BCUT2D eigenvalue weighted by Gasteiger charge is 2.17. The SMILES string of the molecule is C/C=C1/CO[C@@H](CNc2cccc(-c3cc(NC=O)ncc3Cl)n2)CO1. The van der Waals surface area contributed by atoms with Crippen molar-refractivity contribution in [3.8, 4) is 11.3 Å². The minimum atomic E-state index is -0.0444. The van der Waals surface area contributed by atoms with E-state index in [2.05, 4.69) is 20.6 Å². The molecule has 26 heavy (non-hydrogen) atoms. The Balaban J connectivity index is 1.69. The van der Waals surface area contributed by atoms with Crippen molar-refractivity contribution in [3.05, 3.63) is 47.3 Å². The van der Waals surface area contributed by atoms with Gasteiger partial charge in [0.2, 0.25) is 6.41 Å². The van der Waals surface area contributed by atoms with Gasteiger partial charge < -0.3 is 20.1 Å². The summed E-state index contributed by atoms with van der Waals surface area (Å²) in [5.41, 5.74) is 1.36. The van der Waals surface area contributed by atoms with Crippen LogP contribution in [-0.4, -0.2) is 42.2 Å². The van der Waals surface area contributed by atoms with Gasteiger partial charge in [0, 0.05) is 18.3 Å². The molecule has 0 aliphatic carbocycles. The Labute approximate surface area is 156 Å². The van der Waals surface area contributed by atoms with E-state index in [1.165, 1.54) is 6.20 Å². The van der Waals surface area contributed by atoms with Gasteiger partial charge in [-0.05, 0) is 31.2 Å². The Morgan fingerprint density at radius 2 is 2.27 bits per heavy atom. The molecule has 0 spiro atoms. The van der Waals surface area contributed by atoms with Crippen LogP contribution >= 0.6 is 11.6 Å². The Morgan fingerprint density at radius 1 is 1.38 bits per heavy atom. The van der Waals surface area contributed by atoms with Crippen LogP contribution in [0.1, 0.15) is 6.92 Å². The van der Waals surface area contributed by atoms with E-state index in [1.807, 2.05) is 31.2 Å². The Hall–Kier alpha value is -2.64. The van der Waals surface area contributed by atoms with Crippen LogP contribution in [0.4, 0.5) is 11.6 Å². The van der Waals surface area contributed by atoms with Crippen LogP contribution in [0.5, 0.6) is 0 Å². The number of carbonyl (C=O) groups excluding carboxylic acids is 1. The molecule has 0 bridgehead atoms. The summed E-state index contributed by atoms with van der Waals surface area (Å²) in [5.74, 6) is 1.96. The molecule has 2 aromatic rings. The summed E-state index contributed by atoms with van der Waals surface area (Å²) >= 11 is 6.23. The van der Waals surface area contributed by atoms with Crippen LogP contribution in [0.25, 0.3) is 11.3 Å². The number of carbonyl (C=O) groups is 1. The zero-order valence-corrected chi connectivity index (χ0v) is 15.0. The molecule has 1 atom stereocenters. The number of nitrogens with one attached hydrogen (secondary N) is 2. The summed E-state index contributed by atoms with van der Waals surface area (Å²) in [5, 5.41) is 6.21. The predicted octanol–water partition coefficient (Wildman–Crippen LogP) is 3.10.